The van der Waals surface area contributed by atoms with E-state index in [1.807, 2.05) is 0 Å². The average Bonchev–Trinajstić information content (AvgIpc) is 2.51. The van der Waals surface area contributed by atoms with Crippen molar-refractivity contribution in [3.63, 3.8) is 0 Å². The molecule has 0 aromatic heterocycles. The minimum absolute atomic E-state index is 0.0663. The monoisotopic (exact) mass is 242 g/mol. The summed E-state index contributed by atoms with van der Waals surface area (Å²) in [4.78, 5) is 11.4. The van der Waals surface area contributed by atoms with E-state index in [-0.39, 0.29) is 23.7 Å². The highest BCUT2D eigenvalue weighted by Crippen LogP contribution is 2.32. The van der Waals surface area contributed by atoms with E-state index in [1.165, 1.54) is 6.07 Å². The molecule has 0 amide bonds. The summed E-state index contributed by atoms with van der Waals surface area (Å²) in [6, 6.07) is 2.17. The minimum Gasteiger partial charge on any atom is -0.300 e. The van der Waals surface area contributed by atoms with Crippen molar-refractivity contribution >= 4 is 5.78 Å². The number of carbonyl (C=O) groups is 1. The highest BCUT2D eigenvalue weighted by Gasteiger charge is 2.24. The number of Topliss-reactive ketones (excluding diaryl/α,β-unsaturated/α-hetero) is 1. The Morgan fingerprint density at radius 3 is 2.59 bits per heavy atom. The van der Waals surface area contributed by atoms with Gasteiger partial charge in [0.25, 0.3) is 0 Å². The highest BCUT2D eigenvalue weighted by atomic mass is 19.2. The second-order valence-electron chi connectivity index (χ2n) is 4.45. The maximum atomic E-state index is 13.6. The molecule has 0 radical (unpaired) electrons. The summed E-state index contributed by atoms with van der Waals surface area (Å²) < 4.78 is 39.5. The fraction of sp³-hybridized carbons (Fsp3) is 0.462. The van der Waals surface area contributed by atoms with E-state index in [9.17, 15) is 18.0 Å². The molecule has 17 heavy (non-hydrogen) atoms. The van der Waals surface area contributed by atoms with Gasteiger partial charge in [0.05, 0.1) is 0 Å². The Kier molecular flexibility index (Phi) is 3.50. The lowest BCUT2D eigenvalue weighted by atomic mass is 9.91. The summed E-state index contributed by atoms with van der Waals surface area (Å²) in [5.41, 5.74) is 0.124. The Morgan fingerprint density at radius 2 is 1.82 bits per heavy atom. The molecule has 1 aliphatic rings. The maximum absolute atomic E-state index is 13.6. The molecule has 1 aliphatic carbocycles. The van der Waals surface area contributed by atoms with Crippen LogP contribution in [0.25, 0.3) is 0 Å². The average molecular weight is 242 g/mol. The predicted octanol–water partition coefficient (Wildman–Crippen LogP) is 3.72. The number of benzene rings is 1. The zero-order valence-corrected chi connectivity index (χ0v) is 9.31. The van der Waals surface area contributed by atoms with Crippen LogP contribution in [-0.4, -0.2) is 5.78 Å². The van der Waals surface area contributed by atoms with E-state index in [1.54, 1.807) is 0 Å². The fourth-order valence-electron chi connectivity index (χ4n) is 2.31. The van der Waals surface area contributed by atoms with Crippen LogP contribution in [0.15, 0.2) is 12.1 Å². The van der Waals surface area contributed by atoms with Crippen LogP contribution in [0.2, 0.25) is 0 Å². The second kappa shape index (κ2) is 4.90. The largest absolute Gasteiger partial charge is 0.300 e. The molecule has 0 heterocycles. The van der Waals surface area contributed by atoms with Gasteiger partial charge in [-0.1, -0.05) is 12.5 Å². The summed E-state index contributed by atoms with van der Waals surface area (Å²) in [6.45, 7) is 0. The van der Waals surface area contributed by atoms with Gasteiger partial charge in [-0.2, -0.15) is 0 Å². The van der Waals surface area contributed by atoms with E-state index >= 15 is 0 Å². The molecular formula is C13H13F3O. The number of hydrogen-bond donors (Lipinski definition) is 0. The topological polar surface area (TPSA) is 17.1 Å². The molecule has 0 aliphatic heterocycles. The zero-order chi connectivity index (χ0) is 12.4. The molecule has 1 aromatic rings. The molecular weight excluding hydrogens is 229 g/mol. The third kappa shape index (κ3) is 2.51. The van der Waals surface area contributed by atoms with Crippen molar-refractivity contribution in [2.75, 3.05) is 0 Å². The molecule has 1 fully saturated rings. The van der Waals surface area contributed by atoms with Crippen LogP contribution in [0, 0.1) is 17.5 Å². The molecule has 2 rings (SSSR count). The molecule has 1 aromatic carbocycles. The van der Waals surface area contributed by atoms with Gasteiger partial charge in [-0.15, -0.1) is 0 Å². The standard InChI is InChI=1S/C13H13F3O/c14-11-6-5-10(12(15)13(11)16)8-3-1-2-4-9(17)7-8/h5-6,8H,1-4,7H2. The smallest absolute Gasteiger partial charge is 0.194 e. The number of ketones is 1. The number of carbonyl (C=O) groups excluding carboxylic acids is 1. The quantitative estimate of drug-likeness (QED) is 0.542. The molecule has 1 nitrogen and oxygen atoms in total. The molecule has 0 bridgehead atoms. The minimum atomic E-state index is -1.45. The van der Waals surface area contributed by atoms with E-state index in [0.29, 0.717) is 12.8 Å². The molecule has 0 saturated heterocycles. The maximum Gasteiger partial charge on any atom is 0.194 e. The van der Waals surface area contributed by atoms with Gasteiger partial charge in [-0.3, -0.25) is 4.79 Å². The summed E-state index contributed by atoms with van der Waals surface area (Å²) >= 11 is 0. The lowest BCUT2D eigenvalue weighted by Gasteiger charge is -2.15. The summed E-state index contributed by atoms with van der Waals surface area (Å²) in [7, 11) is 0. The third-order valence-corrected chi connectivity index (χ3v) is 3.24. The number of halogens is 3. The van der Waals surface area contributed by atoms with Crippen LogP contribution in [-0.2, 0) is 4.79 Å². The van der Waals surface area contributed by atoms with Gasteiger partial charge in [0, 0.05) is 12.8 Å². The number of rotatable bonds is 1. The Morgan fingerprint density at radius 1 is 1.06 bits per heavy atom. The zero-order valence-electron chi connectivity index (χ0n) is 9.31. The van der Waals surface area contributed by atoms with Crippen molar-refractivity contribution in [3.05, 3.63) is 35.1 Å². The second-order valence-corrected chi connectivity index (χ2v) is 4.45. The third-order valence-electron chi connectivity index (χ3n) is 3.24. The van der Waals surface area contributed by atoms with Crippen LogP contribution in [0.1, 0.15) is 43.6 Å². The molecule has 0 N–H and O–H groups in total. The van der Waals surface area contributed by atoms with E-state index < -0.39 is 17.5 Å². The van der Waals surface area contributed by atoms with Gasteiger partial charge in [0.15, 0.2) is 17.5 Å². The Labute approximate surface area is 97.6 Å². The van der Waals surface area contributed by atoms with Crippen LogP contribution in [0.5, 0.6) is 0 Å². The lowest BCUT2D eigenvalue weighted by molar-refractivity contribution is -0.119. The molecule has 92 valence electrons. The first-order valence-corrected chi connectivity index (χ1v) is 5.74. The van der Waals surface area contributed by atoms with Crippen molar-refractivity contribution in [3.8, 4) is 0 Å². The molecule has 1 saturated carbocycles. The van der Waals surface area contributed by atoms with Crippen LogP contribution >= 0.6 is 0 Å². The first-order valence-electron chi connectivity index (χ1n) is 5.74. The van der Waals surface area contributed by atoms with Crippen molar-refractivity contribution in [1.82, 2.24) is 0 Å². The van der Waals surface area contributed by atoms with E-state index in [0.717, 1.165) is 18.9 Å². The Bertz CT molecular complexity index is 443. The Balaban J connectivity index is 2.32. The van der Waals surface area contributed by atoms with Crippen LogP contribution in [0.4, 0.5) is 13.2 Å². The van der Waals surface area contributed by atoms with Crippen molar-refractivity contribution in [2.45, 2.75) is 38.0 Å². The summed E-state index contributed by atoms with van der Waals surface area (Å²) in [6.07, 6.45) is 2.98. The summed E-state index contributed by atoms with van der Waals surface area (Å²) in [5, 5.41) is 0. The van der Waals surface area contributed by atoms with Gasteiger partial charge in [0.2, 0.25) is 0 Å². The fourth-order valence-corrected chi connectivity index (χ4v) is 2.31. The van der Waals surface area contributed by atoms with Crippen molar-refractivity contribution in [1.29, 1.82) is 0 Å². The van der Waals surface area contributed by atoms with Crippen LogP contribution in [0.3, 0.4) is 0 Å². The predicted molar refractivity (Wildman–Crippen MR) is 57.1 cm³/mol. The van der Waals surface area contributed by atoms with Gasteiger partial charge < -0.3 is 0 Å². The molecule has 1 atom stereocenters. The van der Waals surface area contributed by atoms with E-state index in [4.69, 9.17) is 0 Å². The first kappa shape index (κ1) is 12.1. The normalized spacial score (nSPS) is 21.4. The highest BCUT2D eigenvalue weighted by molar-refractivity contribution is 5.79. The van der Waals surface area contributed by atoms with Crippen LogP contribution < -0.4 is 0 Å². The van der Waals surface area contributed by atoms with Crippen molar-refractivity contribution < 1.29 is 18.0 Å². The Hall–Kier alpha value is -1.32. The van der Waals surface area contributed by atoms with Gasteiger partial charge in [-0.25, -0.2) is 13.2 Å². The van der Waals surface area contributed by atoms with Gasteiger partial charge >= 0.3 is 0 Å². The van der Waals surface area contributed by atoms with Crippen molar-refractivity contribution in [2.24, 2.45) is 0 Å². The van der Waals surface area contributed by atoms with E-state index in [2.05, 4.69) is 0 Å². The summed E-state index contributed by atoms with van der Waals surface area (Å²) in [5.74, 6) is -4.04. The SMILES string of the molecule is O=C1CCCCC(c2ccc(F)c(F)c2F)C1. The molecule has 1 unspecified atom stereocenters. The first-order chi connectivity index (χ1) is 8.09. The number of hydrogen-bond acceptors (Lipinski definition) is 1. The van der Waals surface area contributed by atoms with Gasteiger partial charge in [0.1, 0.15) is 5.78 Å². The molecule has 0 spiro atoms. The lowest BCUT2D eigenvalue weighted by Crippen LogP contribution is -2.07. The van der Waals surface area contributed by atoms with Gasteiger partial charge in [-0.05, 0) is 30.4 Å². The molecule has 4 heteroatoms.